The van der Waals surface area contributed by atoms with Gasteiger partial charge in [0.15, 0.2) is 0 Å². The fraction of sp³-hybridized carbons (Fsp3) is 0.652. The van der Waals surface area contributed by atoms with Gasteiger partial charge < -0.3 is 19.5 Å². The van der Waals surface area contributed by atoms with Gasteiger partial charge in [0.25, 0.3) is 0 Å². The molecule has 2 fully saturated rings. The topological polar surface area (TPSA) is 69.7 Å². The molecule has 1 saturated carbocycles. The van der Waals surface area contributed by atoms with Crippen LogP contribution in [0.15, 0.2) is 30.3 Å². The lowest BCUT2D eigenvalue weighted by Crippen LogP contribution is -2.53. The highest BCUT2D eigenvalue weighted by Crippen LogP contribution is 2.38. The van der Waals surface area contributed by atoms with E-state index in [1.54, 1.807) is 0 Å². The van der Waals surface area contributed by atoms with Crippen LogP contribution in [0.1, 0.15) is 70.9 Å². The number of carboxylic acid groups (broad SMARTS) is 1. The van der Waals surface area contributed by atoms with Gasteiger partial charge in [0.1, 0.15) is 0 Å². The van der Waals surface area contributed by atoms with Gasteiger partial charge in [-0.05, 0) is 52.0 Å². The lowest BCUT2D eigenvalue weighted by Gasteiger charge is -2.46. The van der Waals surface area contributed by atoms with E-state index in [0.717, 1.165) is 31.2 Å². The summed E-state index contributed by atoms with van der Waals surface area (Å²) in [5, 5.41) is 11.7. The molecule has 1 aliphatic heterocycles. The quantitative estimate of drug-likeness (QED) is 0.780. The molecule has 3 rings (SSSR count). The summed E-state index contributed by atoms with van der Waals surface area (Å²) in [5.41, 5.74) is 0.777. The number of carbonyl (C=O) groups excluding carboxylic acids is 2. The molecule has 1 heterocycles. The largest absolute Gasteiger partial charge is 0.550 e. The average molecular weight is 387 g/mol. The van der Waals surface area contributed by atoms with Crippen molar-refractivity contribution in [3.05, 3.63) is 35.9 Å². The van der Waals surface area contributed by atoms with Crippen molar-refractivity contribution in [1.29, 1.82) is 0 Å². The van der Waals surface area contributed by atoms with Gasteiger partial charge in [0.2, 0.25) is 5.91 Å². The van der Waals surface area contributed by atoms with E-state index >= 15 is 0 Å². The van der Waals surface area contributed by atoms with Crippen molar-refractivity contribution < 1.29 is 19.4 Å². The zero-order valence-corrected chi connectivity index (χ0v) is 17.2. The lowest BCUT2D eigenvalue weighted by molar-refractivity contribution is -0.314. The number of carboxylic acids is 1. The van der Waals surface area contributed by atoms with Crippen LogP contribution in [0.25, 0.3) is 0 Å². The molecule has 0 bridgehead atoms. The molecule has 1 aromatic carbocycles. The number of hydrogen-bond donors (Lipinski definition) is 0. The zero-order valence-electron chi connectivity index (χ0n) is 17.2. The minimum atomic E-state index is -1.09. The molecule has 5 nitrogen and oxygen atoms in total. The molecule has 0 radical (unpaired) electrons. The van der Waals surface area contributed by atoms with Gasteiger partial charge in [-0.2, -0.15) is 0 Å². The Hall–Kier alpha value is -1.88. The van der Waals surface area contributed by atoms with E-state index in [-0.39, 0.29) is 23.6 Å². The Balaban J connectivity index is 1.93. The molecule has 5 heteroatoms. The van der Waals surface area contributed by atoms with Crippen molar-refractivity contribution in [2.45, 2.75) is 77.0 Å². The molecule has 2 aliphatic rings. The Morgan fingerprint density at radius 2 is 1.75 bits per heavy atom. The maximum atomic E-state index is 13.7. The first-order chi connectivity index (χ1) is 13.3. The van der Waals surface area contributed by atoms with Gasteiger partial charge in [-0.3, -0.25) is 4.79 Å². The predicted octanol–water partition coefficient (Wildman–Crippen LogP) is 3.09. The van der Waals surface area contributed by atoms with Gasteiger partial charge in [0, 0.05) is 30.5 Å². The van der Waals surface area contributed by atoms with Crippen LogP contribution in [0.4, 0.5) is 0 Å². The summed E-state index contributed by atoms with van der Waals surface area (Å²) >= 11 is 0. The molecule has 0 aromatic heterocycles. The van der Waals surface area contributed by atoms with E-state index < -0.39 is 17.8 Å². The van der Waals surface area contributed by atoms with Crippen LogP contribution in [-0.4, -0.2) is 35.0 Å². The number of carbonyl (C=O) groups is 2. The fourth-order valence-electron chi connectivity index (χ4n) is 4.92. The third-order valence-electron chi connectivity index (χ3n) is 6.40. The van der Waals surface area contributed by atoms with Gasteiger partial charge in [0.05, 0.1) is 11.6 Å². The lowest BCUT2D eigenvalue weighted by atomic mass is 9.77. The molecule has 154 valence electrons. The first-order valence-electron chi connectivity index (χ1n) is 10.5. The van der Waals surface area contributed by atoms with E-state index in [4.69, 9.17) is 4.74 Å². The smallest absolute Gasteiger partial charge is 0.227 e. The van der Waals surface area contributed by atoms with Crippen LogP contribution >= 0.6 is 0 Å². The van der Waals surface area contributed by atoms with Crippen molar-refractivity contribution in [1.82, 2.24) is 4.90 Å². The second-order valence-electron chi connectivity index (χ2n) is 8.90. The van der Waals surface area contributed by atoms with E-state index in [9.17, 15) is 14.7 Å². The molecule has 1 amide bonds. The van der Waals surface area contributed by atoms with Crippen molar-refractivity contribution in [2.75, 3.05) is 6.61 Å². The Morgan fingerprint density at radius 1 is 1.11 bits per heavy atom. The minimum Gasteiger partial charge on any atom is -0.550 e. The highest BCUT2D eigenvalue weighted by Gasteiger charge is 2.41. The summed E-state index contributed by atoms with van der Waals surface area (Å²) in [6.45, 7) is 6.77. The van der Waals surface area contributed by atoms with E-state index in [2.05, 4.69) is 13.8 Å². The number of nitrogens with zero attached hydrogens (tertiary/aromatic N) is 1. The van der Waals surface area contributed by atoms with E-state index in [1.807, 2.05) is 42.2 Å². The maximum Gasteiger partial charge on any atom is 0.227 e. The Labute approximate surface area is 168 Å². The molecule has 1 aliphatic carbocycles. The summed E-state index contributed by atoms with van der Waals surface area (Å²) in [6, 6.07) is 9.92. The standard InChI is InChI=1S/C23H33NO4/c1-16(17-9-5-4-6-10-17)24(18-13-14-28-23(2,3)15-18)21(25)19-11-7-8-12-20(19)22(26)27/h4-6,9-10,16,18-20H,7-8,11-15H2,1-3H3,(H,26,27)/p-1/t16-,18-,19-,20+/m1/s1. The van der Waals surface area contributed by atoms with Crippen molar-refractivity contribution in [3.63, 3.8) is 0 Å². The van der Waals surface area contributed by atoms with Crippen LogP contribution in [0.2, 0.25) is 0 Å². The third kappa shape index (κ3) is 4.57. The molecule has 0 spiro atoms. The average Bonchev–Trinajstić information content (AvgIpc) is 2.68. The highest BCUT2D eigenvalue weighted by atomic mass is 16.5. The Bertz CT molecular complexity index is 687. The molecule has 1 saturated heterocycles. The third-order valence-corrected chi connectivity index (χ3v) is 6.40. The van der Waals surface area contributed by atoms with Gasteiger partial charge in [-0.25, -0.2) is 0 Å². The van der Waals surface area contributed by atoms with Crippen LogP contribution in [0.3, 0.4) is 0 Å². The number of rotatable bonds is 5. The van der Waals surface area contributed by atoms with Gasteiger partial charge >= 0.3 is 0 Å². The Kier molecular flexibility index (Phi) is 6.43. The second-order valence-corrected chi connectivity index (χ2v) is 8.90. The Morgan fingerprint density at radius 3 is 2.36 bits per heavy atom. The van der Waals surface area contributed by atoms with E-state index in [1.165, 1.54) is 0 Å². The summed E-state index contributed by atoms with van der Waals surface area (Å²) in [4.78, 5) is 27.4. The fourth-order valence-corrected chi connectivity index (χ4v) is 4.92. The summed E-state index contributed by atoms with van der Waals surface area (Å²) in [5.74, 6) is -2.29. The van der Waals surface area contributed by atoms with Crippen LogP contribution in [0, 0.1) is 11.8 Å². The molecular weight excluding hydrogens is 354 g/mol. The monoisotopic (exact) mass is 386 g/mol. The number of benzene rings is 1. The molecule has 0 unspecified atom stereocenters. The summed E-state index contributed by atoms with van der Waals surface area (Å²) < 4.78 is 5.87. The van der Waals surface area contributed by atoms with Gasteiger partial charge in [-0.1, -0.05) is 43.2 Å². The summed E-state index contributed by atoms with van der Waals surface area (Å²) in [7, 11) is 0. The van der Waals surface area contributed by atoms with E-state index in [0.29, 0.717) is 19.4 Å². The van der Waals surface area contributed by atoms with Crippen molar-refractivity contribution in [3.8, 4) is 0 Å². The minimum absolute atomic E-state index is 0.0343. The predicted molar refractivity (Wildman–Crippen MR) is 105 cm³/mol. The molecular formula is C23H32NO4-. The maximum absolute atomic E-state index is 13.7. The van der Waals surface area contributed by atoms with Crippen LogP contribution < -0.4 is 5.11 Å². The number of amides is 1. The first-order valence-corrected chi connectivity index (χ1v) is 10.5. The SMILES string of the molecule is C[C@H](c1ccccc1)N(C(=O)[C@@H]1CCCC[C@@H]1C(=O)[O-])[C@@H]1CCOC(C)(C)C1. The van der Waals surface area contributed by atoms with Crippen LogP contribution in [0.5, 0.6) is 0 Å². The van der Waals surface area contributed by atoms with Gasteiger partial charge in [-0.15, -0.1) is 0 Å². The molecule has 4 atom stereocenters. The number of hydrogen-bond acceptors (Lipinski definition) is 4. The zero-order chi connectivity index (χ0) is 20.3. The normalized spacial score (nSPS) is 28.3. The summed E-state index contributed by atoms with van der Waals surface area (Å²) in [6.07, 6.45) is 4.43. The molecule has 28 heavy (non-hydrogen) atoms. The van der Waals surface area contributed by atoms with Crippen LogP contribution in [-0.2, 0) is 14.3 Å². The number of aliphatic carboxylic acids is 1. The second kappa shape index (κ2) is 8.64. The molecule has 0 N–H and O–H groups in total. The molecule has 1 aromatic rings. The highest BCUT2D eigenvalue weighted by molar-refractivity contribution is 5.85. The first kappa shape index (κ1) is 20.8. The van der Waals surface area contributed by atoms with Crippen molar-refractivity contribution >= 4 is 11.9 Å². The van der Waals surface area contributed by atoms with Crippen molar-refractivity contribution in [2.24, 2.45) is 11.8 Å². The number of ether oxygens (including phenoxy) is 1.